The Morgan fingerprint density at radius 2 is 1.76 bits per heavy atom. The standard InChI is InChI=1S/C22H17N2O3S.C2H4O2.Na/c1-26-18-9-8-14-12-19(27-2)16(10-15(14)11-18)13-20-21(25)24-22(28-20)23-17-6-4-3-5-7-17;1-2(3)4;/h4-13H,1-2H3,(H,23,24,25);1H3,(H,3,4);. The van der Waals surface area contributed by atoms with Gasteiger partial charge in [0, 0.05) is 6.92 Å². The summed E-state index contributed by atoms with van der Waals surface area (Å²) >= 11 is 2.33. The Morgan fingerprint density at radius 3 is 2.39 bits per heavy atom. The first-order chi connectivity index (χ1) is 15.8. The number of hydrogen-bond donors (Lipinski definition) is 2. The number of aliphatic carboxylic acids is 1. The van der Waals surface area contributed by atoms with Gasteiger partial charge in [-0.25, -0.2) is 0 Å². The van der Waals surface area contributed by atoms with E-state index in [9.17, 15) is 4.79 Å². The molecule has 3 aromatic carbocycles. The number of thioether (sulfide) groups is 1. The van der Waals surface area contributed by atoms with Gasteiger partial charge >= 0.3 is 143 Å². The smallest absolute Gasteiger partial charge is 0.0121 e. The molecule has 1 amide bonds. The number of benzene rings is 3. The molecule has 0 saturated heterocycles. The first-order valence-electron chi connectivity index (χ1n) is 10.0. The minimum absolute atomic E-state index is 0.259. The molecule has 3 aromatic rings. The third-order valence-corrected chi connectivity index (χ3v) is 6.17. The molecule has 0 atom stereocenters. The topological polar surface area (TPSA) is 97.2 Å². The van der Waals surface area contributed by atoms with Gasteiger partial charge in [0.2, 0.25) is 0 Å². The normalized spacial score (nSPS) is 13.9. The first-order valence-corrected chi connectivity index (χ1v) is 11.8. The van der Waals surface area contributed by atoms with Crippen LogP contribution in [0.1, 0.15) is 12.5 Å². The molecule has 0 spiro atoms. The molecule has 0 unspecified atom stereocenters. The number of amides is 1. The number of carbonyl (C=O) groups excluding carboxylic acids is 1. The number of nitrogens with zero attached hydrogens (tertiary/aromatic N) is 1. The molecule has 2 N–H and O–H groups in total. The van der Waals surface area contributed by atoms with Crippen molar-refractivity contribution < 1.29 is 24.2 Å². The Kier molecular flexibility index (Phi) is 8.57. The molecule has 4 rings (SSSR count). The fourth-order valence-electron chi connectivity index (χ4n) is 3.05. The van der Waals surface area contributed by atoms with Crippen molar-refractivity contribution in [3.8, 4) is 11.5 Å². The van der Waals surface area contributed by atoms with Crippen LogP contribution in [-0.4, -0.2) is 64.3 Å². The van der Waals surface area contributed by atoms with Gasteiger partial charge in [-0.05, 0) is 17.5 Å². The molecule has 7 nitrogen and oxygen atoms in total. The van der Waals surface area contributed by atoms with Crippen molar-refractivity contribution in [1.29, 1.82) is 0 Å². The third kappa shape index (κ3) is 6.85. The van der Waals surface area contributed by atoms with Crippen molar-refractivity contribution >= 4 is 82.1 Å². The number of amidine groups is 1. The Balaban J connectivity index is 0.000000709. The van der Waals surface area contributed by atoms with Crippen molar-refractivity contribution in [3.63, 3.8) is 0 Å². The summed E-state index contributed by atoms with van der Waals surface area (Å²) in [5.41, 5.74) is 1.74. The Bertz CT molecular complexity index is 1250. The minimum atomic E-state index is -0.833. The van der Waals surface area contributed by atoms with Crippen molar-refractivity contribution in [3.05, 3.63) is 65.1 Å². The number of fused-ring (bicyclic) bond motifs is 1. The van der Waals surface area contributed by atoms with Crippen LogP contribution >= 0.6 is 11.8 Å². The van der Waals surface area contributed by atoms with Crippen LogP contribution in [0.3, 0.4) is 0 Å². The molecule has 0 aromatic heterocycles. The average molecular weight is 472 g/mol. The van der Waals surface area contributed by atoms with Gasteiger partial charge in [-0.1, -0.05) is 6.07 Å². The molecule has 0 fully saturated rings. The second kappa shape index (κ2) is 11.4. The molecule has 1 heterocycles. The van der Waals surface area contributed by atoms with Crippen LogP contribution in [0.5, 0.6) is 11.5 Å². The molecule has 9 heteroatoms. The van der Waals surface area contributed by atoms with Crippen LogP contribution < -0.4 is 17.6 Å². The maximum atomic E-state index is 12.4. The monoisotopic (exact) mass is 472 g/mol. The first kappa shape index (κ1) is 24.9. The second-order valence-corrected chi connectivity index (χ2v) is 9.34. The van der Waals surface area contributed by atoms with Crippen LogP contribution in [0.4, 0.5) is 5.69 Å². The van der Waals surface area contributed by atoms with E-state index in [4.69, 9.17) is 19.4 Å². The second-order valence-electron chi connectivity index (χ2n) is 7.15. The average Bonchev–Trinajstić information content (AvgIpc) is 3.12. The van der Waals surface area contributed by atoms with Gasteiger partial charge < -0.3 is 9.84 Å². The molecular formula is C24H21N2NaO5S. The van der Waals surface area contributed by atoms with Gasteiger partial charge in [0.25, 0.3) is 5.97 Å². The van der Waals surface area contributed by atoms with E-state index in [0.717, 1.165) is 62.6 Å². The van der Waals surface area contributed by atoms with E-state index >= 15 is 0 Å². The summed E-state index contributed by atoms with van der Waals surface area (Å²) in [6, 6.07) is 17.9. The summed E-state index contributed by atoms with van der Waals surface area (Å²) < 4.78 is 12.2. The third-order valence-electron chi connectivity index (χ3n) is 4.61. The van der Waals surface area contributed by atoms with E-state index in [0.29, 0.717) is 15.8 Å². The molecule has 0 saturated carbocycles. The van der Waals surface area contributed by atoms with Gasteiger partial charge in [-0.15, -0.1) is 0 Å². The van der Waals surface area contributed by atoms with E-state index in [-0.39, 0.29) is 5.91 Å². The summed E-state index contributed by atoms with van der Waals surface area (Å²) in [7, 11) is 3.27. The van der Waals surface area contributed by atoms with Crippen molar-refractivity contribution in [2.24, 2.45) is 4.99 Å². The predicted molar refractivity (Wildman–Crippen MR) is 134 cm³/mol. The van der Waals surface area contributed by atoms with Gasteiger partial charge in [0.1, 0.15) is 5.75 Å². The van der Waals surface area contributed by atoms with E-state index in [2.05, 4.69) is 22.4 Å². The fourth-order valence-corrected chi connectivity index (χ4v) is 4.21. The van der Waals surface area contributed by atoms with Gasteiger partial charge in [0.05, 0.1) is 14.2 Å². The van der Waals surface area contributed by atoms with Crippen LogP contribution in [0.25, 0.3) is 16.8 Å². The van der Waals surface area contributed by atoms with Gasteiger partial charge in [-0.2, -0.15) is 0 Å². The van der Waals surface area contributed by atoms with Crippen molar-refractivity contribution in [2.45, 2.75) is 6.92 Å². The Labute approximate surface area is 213 Å². The molecule has 164 valence electrons. The predicted octanol–water partition coefficient (Wildman–Crippen LogP) is 3.82. The summed E-state index contributed by atoms with van der Waals surface area (Å²) in [6.45, 7) is 1.08. The number of aliphatic imine (C=N–C) groups is 1. The zero-order valence-electron chi connectivity index (χ0n) is 18.7. The quantitative estimate of drug-likeness (QED) is 0.440. The molecule has 33 heavy (non-hydrogen) atoms. The molecule has 1 aliphatic heterocycles. The molecule has 0 radical (unpaired) electrons. The van der Waals surface area contributed by atoms with Crippen LogP contribution in [0.2, 0.25) is 0 Å². The number of carboxylic acids is 1. The van der Waals surface area contributed by atoms with Crippen molar-refractivity contribution in [1.82, 2.24) is 0 Å². The summed E-state index contributed by atoms with van der Waals surface area (Å²) in [5.74, 6) is 0.390. The van der Waals surface area contributed by atoms with Crippen LogP contribution in [0.15, 0.2) is 64.5 Å². The fraction of sp³-hybridized carbons (Fsp3) is 0.125. The SMILES string of the molecule is CC(=O)O.COc1ccc2cc(OC)c(C=C3SC(Nc4cc[c]([Na])cc4)=NC3=O)cc2c1. The zero-order chi connectivity index (χ0) is 24.0. The number of rotatable bonds is 4. The number of carbonyl (C=O) groups is 2. The van der Waals surface area contributed by atoms with Crippen molar-refractivity contribution in [2.75, 3.05) is 19.5 Å². The molecule has 0 bridgehead atoms. The Morgan fingerprint density at radius 1 is 1.06 bits per heavy atom. The van der Waals surface area contributed by atoms with E-state index in [1.165, 1.54) is 14.6 Å². The van der Waals surface area contributed by atoms with Gasteiger partial charge in [-0.3, -0.25) is 4.79 Å². The van der Waals surface area contributed by atoms with Crippen LogP contribution in [-0.2, 0) is 9.59 Å². The number of anilines is 1. The maximum absolute atomic E-state index is 12.4. The molecule has 1 aliphatic rings. The summed E-state index contributed by atoms with van der Waals surface area (Å²) in [4.78, 5) is 26.1. The molecule has 0 aliphatic carbocycles. The number of ether oxygens (including phenoxy) is 2. The number of carboxylic acid groups (broad SMARTS) is 1. The summed E-state index contributed by atoms with van der Waals surface area (Å²) in [5, 5.41) is 13.2. The van der Waals surface area contributed by atoms with E-state index < -0.39 is 5.97 Å². The number of methoxy groups -OCH3 is 2. The van der Waals surface area contributed by atoms with Crippen LogP contribution in [0, 0.1) is 0 Å². The Hall–Kier alpha value is -2.78. The zero-order valence-corrected chi connectivity index (χ0v) is 21.5. The van der Waals surface area contributed by atoms with E-state index in [1.54, 1.807) is 14.2 Å². The van der Waals surface area contributed by atoms with Gasteiger partial charge in [0.15, 0.2) is 0 Å². The number of nitrogens with one attached hydrogen (secondary N) is 1. The van der Waals surface area contributed by atoms with E-state index in [1.807, 2.05) is 48.5 Å². The number of hydrogen-bond acceptors (Lipinski definition) is 6. The molecular weight excluding hydrogens is 451 g/mol. The minimum Gasteiger partial charge on any atom is -0.0121 e. The summed E-state index contributed by atoms with van der Waals surface area (Å²) in [6.07, 6.45) is 1.82.